The van der Waals surface area contributed by atoms with E-state index < -0.39 is 0 Å². The van der Waals surface area contributed by atoms with Crippen LogP contribution < -0.4 is 0 Å². The van der Waals surface area contributed by atoms with Crippen LogP contribution in [0.2, 0.25) is 0 Å². The Morgan fingerprint density at radius 2 is 1.47 bits per heavy atom. The first kappa shape index (κ1) is 16.3. The van der Waals surface area contributed by atoms with Crippen LogP contribution in [0.25, 0.3) is 0 Å². The molecule has 100 valence electrons. The van der Waals surface area contributed by atoms with Crippen LogP contribution in [0.1, 0.15) is 55.4 Å². The molecule has 0 spiro atoms. The molecule has 0 bridgehead atoms. The standard InChI is InChI=1S/C16H31N/c1-12(2)11-14(16(7,8)9)17(10)13(3)15(4,5)6/h11,14H,3H2,1-2,4-10H3. The quantitative estimate of drug-likeness (QED) is 0.634. The molecule has 0 fully saturated rings. The second kappa shape index (κ2) is 5.29. The molecule has 0 saturated carbocycles. The molecule has 0 rings (SSSR count). The van der Waals surface area contributed by atoms with Crippen LogP contribution in [0.3, 0.4) is 0 Å². The molecule has 0 radical (unpaired) electrons. The fraction of sp³-hybridized carbons (Fsp3) is 0.750. The predicted molar refractivity (Wildman–Crippen MR) is 79.0 cm³/mol. The molecule has 0 aromatic heterocycles. The molecular weight excluding hydrogens is 206 g/mol. The lowest BCUT2D eigenvalue weighted by molar-refractivity contribution is 0.172. The highest BCUT2D eigenvalue weighted by atomic mass is 15.2. The number of rotatable bonds is 3. The largest absolute Gasteiger partial charge is 0.371 e. The molecule has 0 aromatic rings. The summed E-state index contributed by atoms with van der Waals surface area (Å²) in [6.07, 6.45) is 2.34. The summed E-state index contributed by atoms with van der Waals surface area (Å²) in [7, 11) is 2.16. The molecule has 17 heavy (non-hydrogen) atoms. The van der Waals surface area contributed by atoms with Crippen molar-refractivity contribution < 1.29 is 0 Å². The topological polar surface area (TPSA) is 3.24 Å². The van der Waals surface area contributed by atoms with Gasteiger partial charge in [-0.05, 0) is 19.3 Å². The minimum absolute atomic E-state index is 0.119. The highest BCUT2D eigenvalue weighted by molar-refractivity contribution is 5.13. The van der Waals surface area contributed by atoms with Crippen molar-refractivity contribution in [1.29, 1.82) is 0 Å². The van der Waals surface area contributed by atoms with Crippen molar-refractivity contribution in [3.8, 4) is 0 Å². The molecule has 1 nitrogen and oxygen atoms in total. The van der Waals surface area contributed by atoms with Crippen molar-refractivity contribution in [1.82, 2.24) is 4.90 Å². The Kier molecular flexibility index (Phi) is 5.06. The average molecular weight is 237 g/mol. The summed E-state index contributed by atoms with van der Waals surface area (Å²) in [5.41, 5.74) is 2.88. The summed E-state index contributed by atoms with van der Waals surface area (Å²) in [6.45, 7) is 22.1. The highest BCUT2D eigenvalue weighted by Gasteiger charge is 2.30. The third-order valence-corrected chi connectivity index (χ3v) is 3.09. The number of hydrogen-bond donors (Lipinski definition) is 0. The molecule has 0 amide bonds. The van der Waals surface area contributed by atoms with Gasteiger partial charge in [-0.2, -0.15) is 0 Å². The van der Waals surface area contributed by atoms with E-state index in [0.717, 1.165) is 0 Å². The predicted octanol–water partition coefficient (Wildman–Crippen LogP) is 4.86. The zero-order valence-corrected chi connectivity index (χ0v) is 13.3. The van der Waals surface area contributed by atoms with Gasteiger partial charge in [-0.3, -0.25) is 0 Å². The fourth-order valence-electron chi connectivity index (χ4n) is 1.96. The van der Waals surface area contributed by atoms with E-state index in [2.05, 4.69) is 80.0 Å². The SMILES string of the molecule is C=C(N(C)C(C=C(C)C)C(C)(C)C)C(C)(C)C. The molecule has 1 unspecified atom stereocenters. The Morgan fingerprint density at radius 1 is 1.06 bits per heavy atom. The summed E-state index contributed by atoms with van der Waals surface area (Å²) in [5.74, 6) is 0. The van der Waals surface area contributed by atoms with Gasteiger partial charge in [0.25, 0.3) is 0 Å². The molecule has 0 saturated heterocycles. The lowest BCUT2D eigenvalue weighted by Gasteiger charge is -2.42. The molecule has 0 aliphatic rings. The Balaban J connectivity index is 5.23. The van der Waals surface area contributed by atoms with Crippen LogP contribution in [0.15, 0.2) is 23.9 Å². The Morgan fingerprint density at radius 3 is 1.71 bits per heavy atom. The van der Waals surface area contributed by atoms with Crippen molar-refractivity contribution in [3.05, 3.63) is 23.9 Å². The zero-order valence-electron chi connectivity index (χ0n) is 13.3. The fourth-order valence-corrected chi connectivity index (χ4v) is 1.96. The Labute approximate surface area is 109 Å². The van der Waals surface area contributed by atoms with E-state index in [1.807, 2.05) is 0 Å². The molecular formula is C16H31N. The molecule has 0 N–H and O–H groups in total. The van der Waals surface area contributed by atoms with E-state index in [4.69, 9.17) is 0 Å². The summed E-state index contributed by atoms with van der Waals surface area (Å²) < 4.78 is 0. The van der Waals surface area contributed by atoms with Gasteiger partial charge in [0, 0.05) is 18.2 Å². The first-order valence-electron chi connectivity index (χ1n) is 6.44. The van der Waals surface area contributed by atoms with E-state index >= 15 is 0 Å². The third kappa shape index (κ3) is 4.97. The minimum Gasteiger partial charge on any atom is -0.371 e. The average Bonchev–Trinajstić information content (AvgIpc) is 2.08. The van der Waals surface area contributed by atoms with E-state index in [-0.39, 0.29) is 10.8 Å². The van der Waals surface area contributed by atoms with E-state index in [1.165, 1.54) is 11.3 Å². The van der Waals surface area contributed by atoms with Crippen molar-refractivity contribution in [2.45, 2.75) is 61.4 Å². The molecule has 0 aliphatic carbocycles. The van der Waals surface area contributed by atoms with Crippen molar-refractivity contribution in [3.63, 3.8) is 0 Å². The number of likely N-dealkylation sites (N-methyl/N-ethyl adjacent to an activating group) is 1. The van der Waals surface area contributed by atoms with Crippen molar-refractivity contribution >= 4 is 0 Å². The normalized spacial score (nSPS) is 14.2. The second-order valence-electron chi connectivity index (χ2n) is 7.36. The van der Waals surface area contributed by atoms with Crippen LogP contribution >= 0.6 is 0 Å². The van der Waals surface area contributed by atoms with Gasteiger partial charge in [0.15, 0.2) is 0 Å². The summed E-state index contributed by atoms with van der Waals surface area (Å²) in [6, 6.07) is 0.388. The van der Waals surface area contributed by atoms with Crippen molar-refractivity contribution in [2.75, 3.05) is 7.05 Å². The van der Waals surface area contributed by atoms with E-state index in [0.29, 0.717) is 6.04 Å². The number of hydrogen-bond acceptors (Lipinski definition) is 1. The summed E-state index contributed by atoms with van der Waals surface area (Å²) >= 11 is 0. The van der Waals surface area contributed by atoms with Gasteiger partial charge < -0.3 is 4.90 Å². The van der Waals surface area contributed by atoms with Gasteiger partial charge in [0.05, 0.1) is 6.04 Å². The Hall–Kier alpha value is -0.720. The third-order valence-electron chi connectivity index (χ3n) is 3.09. The van der Waals surface area contributed by atoms with Gasteiger partial charge in [-0.15, -0.1) is 0 Å². The van der Waals surface area contributed by atoms with Gasteiger partial charge in [0.1, 0.15) is 0 Å². The van der Waals surface area contributed by atoms with Crippen LogP contribution in [-0.2, 0) is 0 Å². The smallest absolute Gasteiger partial charge is 0.0517 e. The highest BCUT2D eigenvalue weighted by Crippen LogP contribution is 2.33. The maximum Gasteiger partial charge on any atom is 0.0517 e. The van der Waals surface area contributed by atoms with E-state index in [9.17, 15) is 0 Å². The summed E-state index contributed by atoms with van der Waals surface area (Å²) in [4.78, 5) is 2.33. The van der Waals surface area contributed by atoms with Gasteiger partial charge >= 0.3 is 0 Å². The van der Waals surface area contributed by atoms with Crippen LogP contribution in [0.4, 0.5) is 0 Å². The van der Waals surface area contributed by atoms with Crippen LogP contribution in [0.5, 0.6) is 0 Å². The van der Waals surface area contributed by atoms with Crippen LogP contribution in [0, 0.1) is 10.8 Å². The maximum atomic E-state index is 4.26. The molecule has 0 heterocycles. The van der Waals surface area contributed by atoms with Gasteiger partial charge in [0.2, 0.25) is 0 Å². The van der Waals surface area contributed by atoms with E-state index in [1.54, 1.807) is 0 Å². The molecule has 0 aliphatic heterocycles. The minimum atomic E-state index is 0.119. The number of nitrogens with zero attached hydrogens (tertiary/aromatic N) is 1. The maximum absolute atomic E-state index is 4.26. The lowest BCUT2D eigenvalue weighted by atomic mass is 9.82. The monoisotopic (exact) mass is 237 g/mol. The lowest BCUT2D eigenvalue weighted by Crippen LogP contribution is -2.42. The van der Waals surface area contributed by atoms with Crippen LogP contribution in [-0.4, -0.2) is 18.0 Å². The Bertz CT molecular complexity index is 292. The first-order valence-corrected chi connectivity index (χ1v) is 6.44. The van der Waals surface area contributed by atoms with Gasteiger partial charge in [-0.25, -0.2) is 0 Å². The first-order chi connectivity index (χ1) is 7.37. The second-order valence-corrected chi connectivity index (χ2v) is 7.36. The van der Waals surface area contributed by atoms with Gasteiger partial charge in [-0.1, -0.05) is 59.8 Å². The summed E-state index contributed by atoms with van der Waals surface area (Å²) in [5, 5.41) is 0. The zero-order chi connectivity index (χ0) is 14.0. The molecule has 1 heteroatoms. The van der Waals surface area contributed by atoms with Crippen molar-refractivity contribution in [2.24, 2.45) is 10.8 Å². The number of allylic oxidation sites excluding steroid dienone is 2. The molecule has 1 atom stereocenters. The molecule has 0 aromatic carbocycles.